The van der Waals surface area contributed by atoms with Crippen LogP contribution in [-0.2, 0) is 6.42 Å². The van der Waals surface area contributed by atoms with Crippen molar-refractivity contribution in [2.24, 2.45) is 11.1 Å². The second-order valence-corrected chi connectivity index (χ2v) is 6.92. The first-order valence-corrected chi connectivity index (χ1v) is 8.67. The average Bonchev–Trinajstić information content (AvgIpc) is 2.49. The zero-order valence-electron chi connectivity index (χ0n) is 12.8. The minimum Gasteiger partial charge on any atom is -0.371 e. The van der Waals surface area contributed by atoms with Gasteiger partial charge in [0, 0.05) is 23.2 Å². The number of benzene rings is 1. The molecule has 20 heavy (non-hydrogen) atoms. The Labute approximate surface area is 131 Å². The first-order chi connectivity index (χ1) is 9.64. The van der Waals surface area contributed by atoms with Gasteiger partial charge >= 0.3 is 0 Å². The zero-order chi connectivity index (χ0) is 14.6. The van der Waals surface area contributed by atoms with E-state index in [-0.39, 0.29) is 0 Å². The van der Waals surface area contributed by atoms with Gasteiger partial charge < -0.3 is 10.6 Å². The molecule has 0 aliphatic carbocycles. The molecule has 1 aromatic rings. The van der Waals surface area contributed by atoms with Gasteiger partial charge in [-0.15, -0.1) is 0 Å². The van der Waals surface area contributed by atoms with E-state index in [1.807, 2.05) is 0 Å². The third-order valence-corrected chi connectivity index (χ3v) is 5.62. The molecule has 1 aliphatic heterocycles. The smallest absolute Gasteiger partial charge is 0.0410 e. The molecule has 0 saturated carbocycles. The van der Waals surface area contributed by atoms with E-state index in [9.17, 15) is 0 Å². The predicted molar refractivity (Wildman–Crippen MR) is 91.4 cm³/mol. The Hall–Kier alpha value is -0.540. The largest absolute Gasteiger partial charge is 0.371 e. The normalized spacial score (nSPS) is 18.3. The van der Waals surface area contributed by atoms with Crippen LogP contribution < -0.4 is 10.6 Å². The number of hydrogen-bond acceptors (Lipinski definition) is 2. The van der Waals surface area contributed by atoms with Gasteiger partial charge in [0.05, 0.1) is 0 Å². The van der Waals surface area contributed by atoms with Crippen molar-refractivity contribution in [3.05, 3.63) is 28.2 Å². The standard InChI is InChI=1S/C17H27BrN2/c1-3-17(4-2)8-11-20(12-9-17)16-13-15(18)6-5-14(16)7-10-19/h5-6,13H,3-4,7-12,19H2,1-2H3. The zero-order valence-corrected chi connectivity index (χ0v) is 14.4. The molecule has 1 fully saturated rings. The van der Waals surface area contributed by atoms with Crippen molar-refractivity contribution in [3.8, 4) is 0 Å². The molecule has 112 valence electrons. The molecule has 0 bridgehead atoms. The number of piperidine rings is 1. The molecule has 0 atom stereocenters. The maximum atomic E-state index is 5.75. The van der Waals surface area contributed by atoms with E-state index in [0.717, 1.165) is 17.4 Å². The van der Waals surface area contributed by atoms with Crippen molar-refractivity contribution in [2.45, 2.75) is 46.0 Å². The van der Waals surface area contributed by atoms with Crippen LogP contribution >= 0.6 is 15.9 Å². The number of nitrogens with zero attached hydrogens (tertiary/aromatic N) is 1. The third kappa shape index (κ3) is 3.37. The van der Waals surface area contributed by atoms with Gasteiger partial charge in [-0.1, -0.05) is 48.7 Å². The summed E-state index contributed by atoms with van der Waals surface area (Å²) in [5.41, 5.74) is 9.10. The van der Waals surface area contributed by atoms with Crippen LogP contribution in [0.25, 0.3) is 0 Å². The number of halogens is 1. The molecule has 3 heteroatoms. The number of rotatable bonds is 5. The van der Waals surface area contributed by atoms with Gasteiger partial charge in [0.25, 0.3) is 0 Å². The second kappa shape index (κ2) is 6.95. The number of anilines is 1. The molecule has 2 N–H and O–H groups in total. The Morgan fingerprint density at radius 1 is 1.20 bits per heavy atom. The number of nitrogens with two attached hydrogens (primary N) is 1. The Bertz CT molecular complexity index is 431. The molecule has 1 aromatic carbocycles. The summed E-state index contributed by atoms with van der Waals surface area (Å²) < 4.78 is 1.16. The molecule has 1 heterocycles. The fraction of sp³-hybridized carbons (Fsp3) is 0.647. The van der Waals surface area contributed by atoms with Gasteiger partial charge in [0.15, 0.2) is 0 Å². The van der Waals surface area contributed by atoms with Crippen molar-refractivity contribution < 1.29 is 0 Å². The van der Waals surface area contributed by atoms with Crippen LogP contribution in [0.4, 0.5) is 5.69 Å². The first-order valence-electron chi connectivity index (χ1n) is 7.87. The Morgan fingerprint density at radius 3 is 2.40 bits per heavy atom. The molecule has 1 saturated heterocycles. The van der Waals surface area contributed by atoms with Crippen molar-refractivity contribution in [1.82, 2.24) is 0 Å². The van der Waals surface area contributed by atoms with E-state index in [2.05, 4.69) is 52.9 Å². The Morgan fingerprint density at radius 2 is 1.85 bits per heavy atom. The van der Waals surface area contributed by atoms with Crippen molar-refractivity contribution in [2.75, 3.05) is 24.5 Å². The predicted octanol–water partition coefficient (Wildman–Crippen LogP) is 4.36. The third-order valence-electron chi connectivity index (χ3n) is 5.13. The lowest BCUT2D eigenvalue weighted by molar-refractivity contribution is 0.199. The minimum absolute atomic E-state index is 0.580. The molecule has 0 spiro atoms. The molecule has 0 unspecified atom stereocenters. The summed E-state index contributed by atoms with van der Waals surface area (Å²) in [5, 5.41) is 0. The fourth-order valence-corrected chi connectivity index (χ4v) is 3.73. The highest BCUT2D eigenvalue weighted by Crippen LogP contribution is 2.40. The fourth-order valence-electron chi connectivity index (χ4n) is 3.38. The van der Waals surface area contributed by atoms with Gasteiger partial charge in [0.1, 0.15) is 0 Å². The maximum Gasteiger partial charge on any atom is 0.0410 e. The van der Waals surface area contributed by atoms with Crippen LogP contribution in [0.3, 0.4) is 0 Å². The summed E-state index contributed by atoms with van der Waals surface area (Å²) in [6.45, 7) is 7.76. The molecule has 2 rings (SSSR count). The van der Waals surface area contributed by atoms with E-state index in [4.69, 9.17) is 5.73 Å². The average molecular weight is 339 g/mol. The lowest BCUT2D eigenvalue weighted by Crippen LogP contribution is -2.40. The summed E-state index contributed by atoms with van der Waals surface area (Å²) in [5.74, 6) is 0. The molecule has 0 radical (unpaired) electrons. The van der Waals surface area contributed by atoms with Crippen LogP contribution in [0.5, 0.6) is 0 Å². The SMILES string of the molecule is CCC1(CC)CCN(c2cc(Br)ccc2CCN)CC1. The van der Waals surface area contributed by atoms with Gasteiger partial charge in [-0.25, -0.2) is 0 Å². The lowest BCUT2D eigenvalue weighted by Gasteiger charge is -2.42. The van der Waals surface area contributed by atoms with E-state index >= 15 is 0 Å². The highest BCUT2D eigenvalue weighted by molar-refractivity contribution is 9.10. The van der Waals surface area contributed by atoms with Crippen LogP contribution in [0.1, 0.15) is 45.1 Å². The summed E-state index contributed by atoms with van der Waals surface area (Å²) in [6, 6.07) is 6.60. The first kappa shape index (κ1) is 15.8. The molecular weight excluding hydrogens is 312 g/mol. The van der Waals surface area contributed by atoms with Gasteiger partial charge in [-0.3, -0.25) is 0 Å². The van der Waals surface area contributed by atoms with Crippen molar-refractivity contribution >= 4 is 21.6 Å². The van der Waals surface area contributed by atoms with E-state index < -0.39 is 0 Å². The molecule has 2 nitrogen and oxygen atoms in total. The quantitative estimate of drug-likeness (QED) is 0.864. The van der Waals surface area contributed by atoms with Crippen LogP contribution in [-0.4, -0.2) is 19.6 Å². The van der Waals surface area contributed by atoms with Gasteiger partial charge in [0.2, 0.25) is 0 Å². The highest BCUT2D eigenvalue weighted by atomic mass is 79.9. The van der Waals surface area contributed by atoms with E-state index in [1.165, 1.54) is 50.0 Å². The second-order valence-electron chi connectivity index (χ2n) is 6.01. The molecule has 0 aromatic heterocycles. The van der Waals surface area contributed by atoms with E-state index in [1.54, 1.807) is 0 Å². The summed E-state index contributed by atoms with van der Waals surface area (Å²) in [4.78, 5) is 2.55. The van der Waals surface area contributed by atoms with Crippen molar-refractivity contribution in [3.63, 3.8) is 0 Å². The summed E-state index contributed by atoms with van der Waals surface area (Å²) >= 11 is 3.61. The molecular formula is C17H27BrN2. The minimum atomic E-state index is 0.580. The molecule has 1 aliphatic rings. The molecule has 0 amide bonds. The topological polar surface area (TPSA) is 29.3 Å². The van der Waals surface area contributed by atoms with Crippen molar-refractivity contribution in [1.29, 1.82) is 0 Å². The van der Waals surface area contributed by atoms with Crippen LogP contribution in [0, 0.1) is 5.41 Å². The Balaban J connectivity index is 2.15. The van der Waals surface area contributed by atoms with E-state index in [0.29, 0.717) is 5.41 Å². The van der Waals surface area contributed by atoms with Gasteiger partial charge in [-0.05, 0) is 48.9 Å². The summed E-state index contributed by atoms with van der Waals surface area (Å²) in [7, 11) is 0. The van der Waals surface area contributed by atoms with Crippen LogP contribution in [0.2, 0.25) is 0 Å². The highest BCUT2D eigenvalue weighted by Gasteiger charge is 2.31. The number of hydrogen-bond donors (Lipinski definition) is 1. The van der Waals surface area contributed by atoms with Crippen LogP contribution in [0.15, 0.2) is 22.7 Å². The lowest BCUT2D eigenvalue weighted by atomic mass is 9.74. The Kier molecular flexibility index (Phi) is 5.50. The van der Waals surface area contributed by atoms with Gasteiger partial charge in [-0.2, -0.15) is 0 Å². The monoisotopic (exact) mass is 338 g/mol. The maximum absolute atomic E-state index is 5.75. The summed E-state index contributed by atoms with van der Waals surface area (Å²) in [6.07, 6.45) is 6.21.